The average molecular weight is 411 g/mol. The minimum Gasteiger partial charge on any atom is -0.506 e. The minimum atomic E-state index is 0.101. The quantitative estimate of drug-likeness (QED) is 0.398. The molecule has 0 fully saturated rings. The molecule has 6 heterocycles. The van der Waals surface area contributed by atoms with Crippen molar-refractivity contribution in [3.63, 3.8) is 0 Å². The van der Waals surface area contributed by atoms with E-state index in [4.69, 9.17) is 0 Å². The number of thiophene rings is 1. The predicted molar refractivity (Wildman–Crippen MR) is 115 cm³/mol. The van der Waals surface area contributed by atoms with Gasteiger partial charge >= 0.3 is 0 Å². The lowest BCUT2D eigenvalue weighted by atomic mass is 10.1. The van der Waals surface area contributed by atoms with Gasteiger partial charge in [0.1, 0.15) is 11.4 Å². The zero-order chi connectivity index (χ0) is 20.1. The van der Waals surface area contributed by atoms with Crippen molar-refractivity contribution in [1.29, 1.82) is 0 Å². The standard InChI is InChI=1S/C21H13N7OS/c29-14-5-12(7-22-9-14)13-6-16-18(27-28-19(16)24-8-13)21-25-17-15(11-2-4-30-10-11)1-3-23-20(17)26-21/h1-10,29H,(H,23,25,26)(H,24,27,28). The monoisotopic (exact) mass is 411 g/mol. The van der Waals surface area contributed by atoms with Gasteiger partial charge in [-0.15, -0.1) is 0 Å². The van der Waals surface area contributed by atoms with E-state index in [9.17, 15) is 5.11 Å². The number of aromatic nitrogens is 7. The van der Waals surface area contributed by atoms with Gasteiger partial charge in [-0.05, 0) is 40.6 Å². The summed E-state index contributed by atoms with van der Waals surface area (Å²) in [6, 6.07) is 7.66. The SMILES string of the molecule is Oc1cncc(-c2cnc3n[nH]c(-c4nc5nccc(-c6ccsc6)c5[nH]4)c3c2)c1. The number of rotatable bonds is 3. The third-order valence-electron chi connectivity index (χ3n) is 4.93. The lowest BCUT2D eigenvalue weighted by molar-refractivity contribution is 0.473. The van der Waals surface area contributed by atoms with E-state index < -0.39 is 0 Å². The molecule has 30 heavy (non-hydrogen) atoms. The maximum Gasteiger partial charge on any atom is 0.181 e. The van der Waals surface area contributed by atoms with Gasteiger partial charge in [0.15, 0.2) is 17.1 Å². The molecule has 0 unspecified atom stereocenters. The van der Waals surface area contributed by atoms with E-state index in [1.807, 2.05) is 17.5 Å². The van der Waals surface area contributed by atoms with E-state index in [1.54, 1.807) is 36.0 Å². The molecular formula is C21H13N7OS. The summed E-state index contributed by atoms with van der Waals surface area (Å²) in [4.78, 5) is 21.0. The zero-order valence-corrected chi connectivity index (χ0v) is 16.2. The smallest absolute Gasteiger partial charge is 0.181 e. The summed E-state index contributed by atoms with van der Waals surface area (Å²) in [7, 11) is 0. The molecule has 9 heteroatoms. The van der Waals surface area contributed by atoms with E-state index in [0.29, 0.717) is 17.1 Å². The molecule has 0 aliphatic heterocycles. The summed E-state index contributed by atoms with van der Waals surface area (Å²) in [6.45, 7) is 0. The molecule has 0 saturated carbocycles. The van der Waals surface area contributed by atoms with E-state index in [1.165, 1.54) is 6.20 Å². The Bertz CT molecular complexity index is 1520. The first-order valence-electron chi connectivity index (χ1n) is 9.12. The number of H-pyrrole nitrogens is 2. The number of fused-ring (bicyclic) bond motifs is 2. The number of aromatic hydroxyl groups is 1. The third-order valence-corrected chi connectivity index (χ3v) is 5.61. The van der Waals surface area contributed by atoms with Crippen LogP contribution in [0.4, 0.5) is 0 Å². The second-order valence-corrected chi connectivity index (χ2v) is 7.56. The van der Waals surface area contributed by atoms with E-state index in [2.05, 4.69) is 46.6 Å². The van der Waals surface area contributed by atoms with Crippen LogP contribution in [0.3, 0.4) is 0 Å². The van der Waals surface area contributed by atoms with Crippen LogP contribution < -0.4 is 0 Å². The van der Waals surface area contributed by atoms with Gasteiger partial charge in [-0.3, -0.25) is 10.1 Å². The highest BCUT2D eigenvalue weighted by molar-refractivity contribution is 7.08. The van der Waals surface area contributed by atoms with Gasteiger partial charge < -0.3 is 10.1 Å². The minimum absolute atomic E-state index is 0.101. The molecule has 0 saturated heterocycles. The Kier molecular flexibility index (Phi) is 3.62. The summed E-state index contributed by atoms with van der Waals surface area (Å²) in [6.07, 6.45) is 6.55. The van der Waals surface area contributed by atoms with E-state index in [0.717, 1.165) is 38.9 Å². The molecule has 8 nitrogen and oxygen atoms in total. The van der Waals surface area contributed by atoms with Gasteiger partial charge in [-0.25, -0.2) is 15.0 Å². The van der Waals surface area contributed by atoms with Gasteiger partial charge in [-0.1, -0.05) is 0 Å². The number of pyridine rings is 3. The molecule has 0 aliphatic carbocycles. The van der Waals surface area contributed by atoms with Crippen molar-refractivity contribution >= 4 is 33.5 Å². The molecule has 0 aliphatic rings. The normalized spacial score (nSPS) is 11.5. The van der Waals surface area contributed by atoms with Crippen molar-refractivity contribution in [2.45, 2.75) is 0 Å². The van der Waals surface area contributed by atoms with Crippen LogP contribution in [-0.4, -0.2) is 40.2 Å². The maximum atomic E-state index is 9.74. The molecule has 0 atom stereocenters. The van der Waals surface area contributed by atoms with Gasteiger partial charge in [0.2, 0.25) is 0 Å². The molecule has 6 aromatic rings. The Labute approximate surface area is 173 Å². The molecule has 0 amide bonds. The molecule has 0 bridgehead atoms. The molecule has 0 aromatic carbocycles. The zero-order valence-electron chi connectivity index (χ0n) is 15.4. The molecule has 6 aromatic heterocycles. The Morgan fingerprint density at radius 1 is 0.933 bits per heavy atom. The fraction of sp³-hybridized carbons (Fsp3) is 0. The number of hydrogen-bond acceptors (Lipinski definition) is 7. The second-order valence-electron chi connectivity index (χ2n) is 6.78. The first kappa shape index (κ1) is 16.8. The van der Waals surface area contributed by atoms with Gasteiger partial charge in [0.25, 0.3) is 0 Å². The second kappa shape index (κ2) is 6.46. The lowest BCUT2D eigenvalue weighted by Crippen LogP contribution is -1.85. The summed E-state index contributed by atoms with van der Waals surface area (Å²) in [5, 5.41) is 22.0. The molecule has 6 rings (SSSR count). The summed E-state index contributed by atoms with van der Waals surface area (Å²) < 4.78 is 0. The van der Waals surface area contributed by atoms with Crippen LogP contribution in [0.2, 0.25) is 0 Å². The van der Waals surface area contributed by atoms with Crippen LogP contribution in [0.5, 0.6) is 5.75 Å². The third kappa shape index (κ3) is 2.64. The van der Waals surface area contributed by atoms with Crippen molar-refractivity contribution < 1.29 is 5.11 Å². The number of aromatic amines is 2. The summed E-state index contributed by atoms with van der Waals surface area (Å²) in [5.74, 6) is 0.736. The molecule has 0 spiro atoms. The van der Waals surface area contributed by atoms with Crippen LogP contribution in [0.15, 0.2) is 59.8 Å². The van der Waals surface area contributed by atoms with Crippen LogP contribution in [0.1, 0.15) is 0 Å². The topological polar surface area (TPSA) is 116 Å². The van der Waals surface area contributed by atoms with Crippen LogP contribution >= 0.6 is 11.3 Å². The highest BCUT2D eigenvalue weighted by atomic mass is 32.1. The van der Waals surface area contributed by atoms with Crippen molar-refractivity contribution in [2.75, 3.05) is 0 Å². The Morgan fingerprint density at radius 2 is 1.87 bits per heavy atom. The Hall–Kier alpha value is -4.11. The molecule has 0 radical (unpaired) electrons. The number of imidazole rings is 1. The number of nitrogens with one attached hydrogen (secondary N) is 2. The van der Waals surface area contributed by atoms with E-state index in [-0.39, 0.29) is 5.75 Å². The number of nitrogens with zero attached hydrogens (tertiary/aromatic N) is 5. The highest BCUT2D eigenvalue weighted by Gasteiger charge is 2.16. The number of hydrogen-bond donors (Lipinski definition) is 3. The Morgan fingerprint density at radius 3 is 2.73 bits per heavy atom. The van der Waals surface area contributed by atoms with Crippen LogP contribution in [0.25, 0.3) is 56.0 Å². The van der Waals surface area contributed by atoms with Gasteiger partial charge in [0, 0.05) is 35.3 Å². The van der Waals surface area contributed by atoms with Crippen LogP contribution in [0, 0.1) is 0 Å². The van der Waals surface area contributed by atoms with Gasteiger partial charge in [-0.2, -0.15) is 16.4 Å². The predicted octanol–water partition coefficient (Wildman–Crippen LogP) is 4.39. The molecular weight excluding hydrogens is 398 g/mol. The highest BCUT2D eigenvalue weighted by Crippen LogP contribution is 2.32. The first-order valence-corrected chi connectivity index (χ1v) is 10.1. The summed E-state index contributed by atoms with van der Waals surface area (Å²) >= 11 is 1.65. The van der Waals surface area contributed by atoms with Crippen molar-refractivity contribution in [1.82, 2.24) is 35.1 Å². The largest absolute Gasteiger partial charge is 0.506 e. The first-order chi connectivity index (χ1) is 14.8. The maximum absolute atomic E-state index is 9.74. The van der Waals surface area contributed by atoms with Crippen molar-refractivity contribution in [3.8, 4) is 39.5 Å². The average Bonchev–Trinajstić information content (AvgIpc) is 3.51. The van der Waals surface area contributed by atoms with Crippen molar-refractivity contribution in [3.05, 3.63) is 59.8 Å². The molecule has 3 N–H and O–H groups in total. The van der Waals surface area contributed by atoms with Crippen LogP contribution in [-0.2, 0) is 0 Å². The Balaban J connectivity index is 1.52. The summed E-state index contributed by atoms with van der Waals surface area (Å²) in [5.41, 5.74) is 6.57. The molecule has 144 valence electrons. The van der Waals surface area contributed by atoms with E-state index >= 15 is 0 Å². The van der Waals surface area contributed by atoms with Gasteiger partial charge in [0.05, 0.1) is 17.1 Å². The fourth-order valence-corrected chi connectivity index (χ4v) is 4.17. The van der Waals surface area contributed by atoms with Crippen molar-refractivity contribution in [2.24, 2.45) is 0 Å². The fourth-order valence-electron chi connectivity index (χ4n) is 3.51. The lowest BCUT2D eigenvalue weighted by Gasteiger charge is -2.02.